The number of benzene rings is 1. The Bertz CT molecular complexity index is 1150. The van der Waals surface area contributed by atoms with E-state index < -0.39 is 17.9 Å². The number of aromatic nitrogens is 3. The summed E-state index contributed by atoms with van der Waals surface area (Å²) in [5.74, 6) is -0.958. The van der Waals surface area contributed by atoms with E-state index in [0.717, 1.165) is 10.9 Å². The van der Waals surface area contributed by atoms with Crippen LogP contribution in [0.2, 0.25) is 0 Å². The molecular weight excluding hydrogens is 422 g/mol. The fourth-order valence-electron chi connectivity index (χ4n) is 3.94. The molecule has 4 N–H and O–H groups in total. The second-order valence-electron chi connectivity index (χ2n) is 8.76. The lowest BCUT2D eigenvalue weighted by molar-refractivity contribution is -0.130. The number of ether oxygens (including phenoxy) is 1. The average molecular weight is 454 g/mol. The number of fused-ring (bicyclic) bond motifs is 1. The fraction of sp³-hybridized carbons (Fsp3) is 0.417. The molecule has 0 spiro atoms. The van der Waals surface area contributed by atoms with Crippen LogP contribution in [0, 0.1) is 11.8 Å². The zero-order chi connectivity index (χ0) is 24.1. The molecule has 2 atom stereocenters. The molecule has 0 bridgehead atoms. The van der Waals surface area contributed by atoms with Crippen LogP contribution in [0.15, 0.2) is 36.8 Å². The number of rotatable bonds is 11. The van der Waals surface area contributed by atoms with Gasteiger partial charge >= 0.3 is 0 Å². The summed E-state index contributed by atoms with van der Waals surface area (Å²) in [5, 5.41) is 3.54. The monoisotopic (exact) mass is 453 g/mol. The van der Waals surface area contributed by atoms with E-state index in [4.69, 9.17) is 10.5 Å². The number of hydrogen-bond donors (Lipinski definition) is 3. The summed E-state index contributed by atoms with van der Waals surface area (Å²) in [5.41, 5.74) is 7.37. The van der Waals surface area contributed by atoms with Crippen molar-refractivity contribution in [2.45, 2.75) is 39.2 Å². The van der Waals surface area contributed by atoms with Crippen molar-refractivity contribution in [3.63, 3.8) is 0 Å². The number of primary amides is 1. The Labute approximate surface area is 192 Å². The summed E-state index contributed by atoms with van der Waals surface area (Å²) in [7, 11) is 3.39. The maximum Gasteiger partial charge on any atom is 0.240 e. The van der Waals surface area contributed by atoms with E-state index in [1.807, 2.05) is 39.1 Å². The van der Waals surface area contributed by atoms with Crippen molar-refractivity contribution in [3.8, 4) is 5.75 Å². The molecule has 0 unspecified atom stereocenters. The maximum atomic E-state index is 13.1. The standard InChI is InChI=1S/C24H31N5O4/c1-14(2)8-15(24(32)28-20(23(25)31)10-16-12-29(3)13-26-16)9-21(30)19-11-17-18(27-19)6-5-7-22(17)33-4/h5-7,11-15,20,27H,8-10H2,1-4H3,(H2,25,31)(H,28,32)/t15-,20+/m1/s1. The van der Waals surface area contributed by atoms with Crippen LogP contribution in [0.5, 0.6) is 5.75 Å². The number of aryl methyl sites for hydroxylation is 1. The van der Waals surface area contributed by atoms with Gasteiger partial charge in [-0.05, 0) is 30.5 Å². The summed E-state index contributed by atoms with van der Waals surface area (Å²) in [6.07, 6.45) is 4.07. The minimum atomic E-state index is -0.908. The van der Waals surface area contributed by atoms with Gasteiger partial charge in [0.15, 0.2) is 5.78 Å². The third kappa shape index (κ3) is 6.00. The second kappa shape index (κ2) is 10.3. The third-order valence-corrected chi connectivity index (χ3v) is 5.53. The SMILES string of the molecule is COc1cccc2[nH]c(C(=O)C[C@@H](CC(C)C)C(=O)N[C@@H](Cc3cn(C)cn3)C(N)=O)cc12. The van der Waals surface area contributed by atoms with E-state index in [-0.39, 0.29) is 30.4 Å². The summed E-state index contributed by atoms with van der Waals surface area (Å²) in [6.45, 7) is 3.97. The summed E-state index contributed by atoms with van der Waals surface area (Å²) in [4.78, 5) is 45.5. The number of imidazole rings is 1. The molecule has 0 fully saturated rings. The molecule has 0 saturated carbocycles. The lowest BCUT2D eigenvalue weighted by Gasteiger charge is -2.21. The van der Waals surface area contributed by atoms with Gasteiger partial charge in [0.25, 0.3) is 0 Å². The van der Waals surface area contributed by atoms with E-state index in [0.29, 0.717) is 23.6 Å². The summed E-state index contributed by atoms with van der Waals surface area (Å²) < 4.78 is 7.12. The van der Waals surface area contributed by atoms with Crippen molar-refractivity contribution in [1.82, 2.24) is 19.9 Å². The van der Waals surface area contributed by atoms with Crippen molar-refractivity contribution in [3.05, 3.63) is 48.2 Å². The van der Waals surface area contributed by atoms with Crippen LogP contribution >= 0.6 is 0 Å². The predicted molar refractivity (Wildman–Crippen MR) is 125 cm³/mol. The van der Waals surface area contributed by atoms with Crippen LogP contribution in [0.4, 0.5) is 0 Å². The number of H-pyrrole nitrogens is 1. The van der Waals surface area contributed by atoms with Gasteiger partial charge in [0, 0.05) is 42.9 Å². The molecule has 9 heteroatoms. The third-order valence-electron chi connectivity index (χ3n) is 5.53. The molecule has 33 heavy (non-hydrogen) atoms. The molecule has 0 aliphatic carbocycles. The van der Waals surface area contributed by atoms with E-state index in [9.17, 15) is 14.4 Å². The zero-order valence-electron chi connectivity index (χ0n) is 19.4. The number of ketones is 1. The Morgan fingerprint density at radius 3 is 2.64 bits per heavy atom. The lowest BCUT2D eigenvalue weighted by Crippen LogP contribution is -2.48. The normalized spacial score (nSPS) is 13.1. The molecule has 1 aromatic carbocycles. The molecule has 0 radical (unpaired) electrons. The number of Topliss-reactive ketones (excluding diaryl/α,β-unsaturated/α-hetero) is 1. The fourth-order valence-corrected chi connectivity index (χ4v) is 3.94. The van der Waals surface area contributed by atoms with Crippen molar-refractivity contribution in [1.29, 1.82) is 0 Å². The molecule has 9 nitrogen and oxygen atoms in total. The largest absolute Gasteiger partial charge is 0.496 e. The Kier molecular flexibility index (Phi) is 7.52. The molecule has 3 aromatic rings. The van der Waals surface area contributed by atoms with Crippen molar-refractivity contribution < 1.29 is 19.1 Å². The first-order chi connectivity index (χ1) is 15.7. The molecule has 3 rings (SSSR count). The van der Waals surface area contributed by atoms with E-state index in [1.165, 1.54) is 0 Å². The van der Waals surface area contributed by atoms with Crippen LogP contribution in [-0.4, -0.2) is 45.3 Å². The van der Waals surface area contributed by atoms with Crippen molar-refractivity contribution >= 4 is 28.5 Å². The highest BCUT2D eigenvalue weighted by molar-refractivity contribution is 6.02. The minimum absolute atomic E-state index is 0.00815. The quantitative estimate of drug-likeness (QED) is 0.384. The number of methoxy groups -OCH3 is 1. The summed E-state index contributed by atoms with van der Waals surface area (Å²) in [6, 6.07) is 6.36. The number of nitrogens with one attached hydrogen (secondary N) is 2. The number of carbonyl (C=O) groups is 3. The van der Waals surface area contributed by atoms with E-state index in [1.54, 1.807) is 30.3 Å². The van der Waals surface area contributed by atoms with Crippen LogP contribution in [0.3, 0.4) is 0 Å². The van der Waals surface area contributed by atoms with Crippen molar-refractivity contribution in [2.24, 2.45) is 24.6 Å². The molecule has 0 saturated heterocycles. The molecule has 176 valence electrons. The molecule has 2 amide bonds. The molecule has 0 aliphatic heterocycles. The van der Waals surface area contributed by atoms with E-state index in [2.05, 4.69) is 15.3 Å². The topological polar surface area (TPSA) is 132 Å². The molecule has 2 heterocycles. The van der Waals surface area contributed by atoms with Crippen LogP contribution in [0.25, 0.3) is 10.9 Å². The van der Waals surface area contributed by atoms with Crippen molar-refractivity contribution in [2.75, 3.05) is 7.11 Å². The Hall–Kier alpha value is -3.62. The number of hydrogen-bond acceptors (Lipinski definition) is 5. The minimum Gasteiger partial charge on any atom is -0.496 e. The van der Waals surface area contributed by atoms with Crippen LogP contribution < -0.4 is 15.8 Å². The Morgan fingerprint density at radius 1 is 1.27 bits per heavy atom. The first kappa shape index (κ1) is 24.0. The van der Waals surface area contributed by atoms with Gasteiger partial charge in [0.05, 0.1) is 24.8 Å². The highest BCUT2D eigenvalue weighted by atomic mass is 16.5. The van der Waals surface area contributed by atoms with Gasteiger partial charge in [0.2, 0.25) is 11.8 Å². The Balaban J connectivity index is 1.75. The van der Waals surface area contributed by atoms with Crippen LogP contribution in [0.1, 0.15) is 42.9 Å². The van der Waals surface area contributed by atoms with Gasteiger partial charge in [-0.25, -0.2) is 4.98 Å². The summed E-state index contributed by atoms with van der Waals surface area (Å²) >= 11 is 0. The van der Waals surface area contributed by atoms with Gasteiger partial charge in [-0.1, -0.05) is 19.9 Å². The maximum absolute atomic E-state index is 13.1. The highest BCUT2D eigenvalue weighted by Gasteiger charge is 2.28. The van der Waals surface area contributed by atoms with Crippen LogP contribution in [-0.2, 0) is 23.1 Å². The smallest absolute Gasteiger partial charge is 0.240 e. The molecule has 2 aromatic heterocycles. The highest BCUT2D eigenvalue weighted by Crippen LogP contribution is 2.27. The lowest BCUT2D eigenvalue weighted by atomic mass is 9.90. The number of nitrogens with zero attached hydrogens (tertiary/aromatic N) is 2. The van der Waals surface area contributed by atoms with Gasteiger partial charge in [-0.15, -0.1) is 0 Å². The second-order valence-corrected chi connectivity index (χ2v) is 8.76. The molecule has 0 aliphatic rings. The van der Waals surface area contributed by atoms with Gasteiger partial charge in [-0.3, -0.25) is 14.4 Å². The first-order valence-electron chi connectivity index (χ1n) is 10.9. The average Bonchev–Trinajstić information content (AvgIpc) is 3.38. The first-order valence-corrected chi connectivity index (χ1v) is 10.9. The van der Waals surface area contributed by atoms with Gasteiger partial charge < -0.3 is 25.3 Å². The van der Waals surface area contributed by atoms with Gasteiger partial charge in [0.1, 0.15) is 11.8 Å². The molecular formula is C24H31N5O4. The number of nitrogens with two attached hydrogens (primary N) is 1. The zero-order valence-corrected chi connectivity index (χ0v) is 19.4. The number of aromatic amines is 1. The van der Waals surface area contributed by atoms with Gasteiger partial charge in [-0.2, -0.15) is 0 Å². The number of carbonyl (C=O) groups excluding carboxylic acids is 3. The number of amides is 2. The predicted octanol–water partition coefficient (Wildman–Crippen LogP) is 2.36. The Morgan fingerprint density at radius 2 is 2.03 bits per heavy atom. The van der Waals surface area contributed by atoms with E-state index >= 15 is 0 Å².